The van der Waals surface area contributed by atoms with Crippen LogP contribution in [0.5, 0.6) is 0 Å². The normalized spacial score (nSPS) is 16.4. The molecule has 0 heterocycles. The van der Waals surface area contributed by atoms with Crippen LogP contribution in [-0.2, 0) is 6.54 Å². The lowest BCUT2D eigenvalue weighted by Crippen LogP contribution is -2.30. The minimum atomic E-state index is -0.219. The third kappa shape index (κ3) is 5.15. The van der Waals surface area contributed by atoms with Crippen LogP contribution in [0.1, 0.15) is 49.7 Å². The van der Waals surface area contributed by atoms with Gasteiger partial charge in [0.1, 0.15) is 5.82 Å². The van der Waals surface area contributed by atoms with Gasteiger partial charge in [-0.15, -0.1) is 0 Å². The minimum absolute atomic E-state index is 0.219. The van der Waals surface area contributed by atoms with Crippen molar-refractivity contribution in [3.8, 4) is 11.8 Å². The van der Waals surface area contributed by atoms with Crippen LogP contribution in [0.3, 0.4) is 0 Å². The van der Waals surface area contributed by atoms with Gasteiger partial charge in [0.05, 0.1) is 6.54 Å². The lowest BCUT2D eigenvalue weighted by molar-refractivity contribution is 0.213. The Hall–Kier alpha value is -1.37. The average Bonchev–Trinajstić information content (AvgIpc) is 2.73. The van der Waals surface area contributed by atoms with E-state index in [2.05, 4.69) is 23.8 Å². The number of benzene rings is 1. The SMILES string of the molecule is CN(Cc1cc(F)cc(C#CCN)c1)C1CCCCCC1. The summed E-state index contributed by atoms with van der Waals surface area (Å²) in [7, 11) is 2.14. The van der Waals surface area contributed by atoms with Crippen LogP contribution >= 0.6 is 0 Å². The van der Waals surface area contributed by atoms with Gasteiger partial charge in [-0.3, -0.25) is 4.90 Å². The topological polar surface area (TPSA) is 29.3 Å². The fraction of sp³-hybridized carbons (Fsp3) is 0.556. The van der Waals surface area contributed by atoms with Crippen molar-refractivity contribution >= 4 is 0 Å². The molecule has 21 heavy (non-hydrogen) atoms. The Labute approximate surface area is 127 Å². The third-order valence-corrected chi connectivity index (χ3v) is 4.17. The largest absolute Gasteiger partial charge is 0.320 e. The van der Waals surface area contributed by atoms with Gasteiger partial charge in [0.2, 0.25) is 0 Å². The number of nitrogens with zero attached hydrogens (tertiary/aromatic N) is 1. The van der Waals surface area contributed by atoms with Crippen molar-refractivity contribution in [2.24, 2.45) is 5.73 Å². The Morgan fingerprint density at radius 1 is 1.19 bits per heavy atom. The number of nitrogens with two attached hydrogens (primary N) is 1. The molecule has 0 unspecified atom stereocenters. The summed E-state index contributed by atoms with van der Waals surface area (Å²) in [5.74, 6) is 5.48. The first kappa shape index (κ1) is 16.0. The molecule has 1 aliphatic rings. The molecule has 0 radical (unpaired) electrons. The predicted octanol–water partition coefficient (Wildman–Crippen LogP) is 3.29. The van der Waals surface area contributed by atoms with E-state index in [0.29, 0.717) is 18.2 Å². The van der Waals surface area contributed by atoms with Crippen LogP contribution in [0, 0.1) is 17.7 Å². The molecule has 0 spiro atoms. The second kappa shape index (κ2) is 8.17. The standard InChI is InChI=1S/C18H25FN2/c1-21(18-8-4-2-3-5-9-18)14-16-11-15(7-6-10-20)12-17(19)13-16/h11-13,18H,2-5,8-10,14,20H2,1H3. The second-order valence-corrected chi connectivity index (χ2v) is 5.91. The Morgan fingerprint density at radius 3 is 2.57 bits per heavy atom. The summed E-state index contributed by atoms with van der Waals surface area (Å²) in [5, 5.41) is 0. The van der Waals surface area contributed by atoms with Crippen molar-refractivity contribution in [2.45, 2.75) is 51.1 Å². The van der Waals surface area contributed by atoms with Crippen LogP contribution in [0.25, 0.3) is 0 Å². The molecule has 0 amide bonds. The number of rotatable bonds is 3. The first-order valence-corrected chi connectivity index (χ1v) is 7.87. The van der Waals surface area contributed by atoms with Gasteiger partial charge in [-0.2, -0.15) is 0 Å². The molecule has 0 aliphatic heterocycles. The maximum atomic E-state index is 13.7. The zero-order valence-corrected chi connectivity index (χ0v) is 12.9. The van der Waals surface area contributed by atoms with E-state index in [1.165, 1.54) is 44.6 Å². The van der Waals surface area contributed by atoms with Crippen molar-refractivity contribution < 1.29 is 4.39 Å². The molecule has 2 rings (SSSR count). The zero-order valence-electron chi connectivity index (χ0n) is 12.9. The van der Waals surface area contributed by atoms with Gasteiger partial charge >= 0.3 is 0 Å². The molecule has 1 saturated carbocycles. The molecular formula is C18H25FN2. The van der Waals surface area contributed by atoms with Crippen molar-refractivity contribution in [2.75, 3.05) is 13.6 Å². The van der Waals surface area contributed by atoms with Crippen molar-refractivity contribution in [1.29, 1.82) is 0 Å². The number of halogens is 1. The summed E-state index contributed by atoms with van der Waals surface area (Å²) < 4.78 is 13.7. The fourth-order valence-electron chi connectivity index (χ4n) is 3.08. The molecule has 3 heteroatoms. The van der Waals surface area contributed by atoms with Crippen LogP contribution in [0.15, 0.2) is 18.2 Å². The van der Waals surface area contributed by atoms with Crippen molar-refractivity contribution in [3.63, 3.8) is 0 Å². The van der Waals surface area contributed by atoms with Crippen molar-refractivity contribution in [3.05, 3.63) is 35.1 Å². The van der Waals surface area contributed by atoms with E-state index >= 15 is 0 Å². The fourth-order valence-corrected chi connectivity index (χ4v) is 3.08. The quantitative estimate of drug-likeness (QED) is 0.683. The van der Waals surface area contributed by atoms with Gasteiger partial charge in [-0.1, -0.05) is 37.5 Å². The van der Waals surface area contributed by atoms with Gasteiger partial charge in [0, 0.05) is 18.2 Å². The van der Waals surface area contributed by atoms with Gasteiger partial charge in [0.25, 0.3) is 0 Å². The molecular weight excluding hydrogens is 263 g/mol. The van der Waals surface area contributed by atoms with E-state index < -0.39 is 0 Å². The molecule has 0 atom stereocenters. The Bertz CT molecular complexity index is 508. The van der Waals surface area contributed by atoms with Crippen LogP contribution in [-0.4, -0.2) is 24.5 Å². The molecule has 2 nitrogen and oxygen atoms in total. The van der Waals surface area contributed by atoms with Crippen LogP contribution < -0.4 is 5.73 Å². The summed E-state index contributed by atoms with van der Waals surface area (Å²) in [6.07, 6.45) is 7.83. The summed E-state index contributed by atoms with van der Waals surface area (Å²) >= 11 is 0. The maximum absolute atomic E-state index is 13.7. The van der Waals surface area contributed by atoms with E-state index in [0.717, 1.165) is 12.1 Å². The zero-order chi connectivity index (χ0) is 15.1. The number of hydrogen-bond donors (Lipinski definition) is 1. The lowest BCUT2D eigenvalue weighted by atomic mass is 10.1. The molecule has 1 aromatic carbocycles. The Morgan fingerprint density at radius 2 is 1.90 bits per heavy atom. The lowest BCUT2D eigenvalue weighted by Gasteiger charge is -2.27. The molecule has 0 saturated heterocycles. The summed E-state index contributed by atoms with van der Waals surface area (Å²) in [6.45, 7) is 1.08. The third-order valence-electron chi connectivity index (χ3n) is 4.17. The van der Waals surface area contributed by atoms with Crippen LogP contribution in [0.2, 0.25) is 0 Å². The van der Waals surface area contributed by atoms with Gasteiger partial charge in [0.15, 0.2) is 0 Å². The molecule has 1 fully saturated rings. The van der Waals surface area contributed by atoms with Crippen molar-refractivity contribution in [1.82, 2.24) is 4.90 Å². The smallest absolute Gasteiger partial charge is 0.124 e. The summed E-state index contributed by atoms with van der Waals surface area (Å²) in [4.78, 5) is 2.36. The highest BCUT2D eigenvalue weighted by molar-refractivity contribution is 5.38. The predicted molar refractivity (Wildman–Crippen MR) is 85.3 cm³/mol. The first-order chi connectivity index (χ1) is 10.2. The van der Waals surface area contributed by atoms with E-state index in [4.69, 9.17) is 5.73 Å². The highest BCUT2D eigenvalue weighted by Gasteiger charge is 2.17. The molecule has 0 bridgehead atoms. The summed E-state index contributed by atoms with van der Waals surface area (Å²) in [5.41, 5.74) is 7.07. The molecule has 1 aliphatic carbocycles. The second-order valence-electron chi connectivity index (χ2n) is 5.91. The average molecular weight is 288 g/mol. The van der Waals surface area contributed by atoms with E-state index in [1.54, 1.807) is 6.07 Å². The van der Waals surface area contributed by atoms with E-state index in [9.17, 15) is 4.39 Å². The van der Waals surface area contributed by atoms with Crippen LogP contribution in [0.4, 0.5) is 4.39 Å². The maximum Gasteiger partial charge on any atom is 0.124 e. The van der Waals surface area contributed by atoms with Gasteiger partial charge in [-0.25, -0.2) is 4.39 Å². The summed E-state index contributed by atoms with van der Waals surface area (Å²) in [6, 6.07) is 5.67. The number of hydrogen-bond acceptors (Lipinski definition) is 2. The monoisotopic (exact) mass is 288 g/mol. The first-order valence-electron chi connectivity index (χ1n) is 7.87. The molecule has 2 N–H and O–H groups in total. The van der Waals surface area contributed by atoms with E-state index in [-0.39, 0.29) is 5.82 Å². The van der Waals surface area contributed by atoms with E-state index in [1.807, 2.05) is 6.07 Å². The van der Waals surface area contributed by atoms with Gasteiger partial charge < -0.3 is 5.73 Å². The Balaban J connectivity index is 2.05. The van der Waals surface area contributed by atoms with Gasteiger partial charge in [-0.05, 0) is 43.7 Å². The Kier molecular flexibility index (Phi) is 6.22. The molecule has 0 aromatic heterocycles. The minimum Gasteiger partial charge on any atom is -0.320 e. The molecule has 1 aromatic rings. The molecule has 114 valence electrons. The highest BCUT2D eigenvalue weighted by Crippen LogP contribution is 2.22. The highest BCUT2D eigenvalue weighted by atomic mass is 19.1.